The highest BCUT2D eigenvalue weighted by Gasteiger charge is 2.34. The maximum absolute atomic E-state index is 13.7. The maximum atomic E-state index is 13.7. The van der Waals surface area contributed by atoms with Crippen LogP contribution in [0.25, 0.3) is 6.08 Å². The molecule has 1 unspecified atom stereocenters. The van der Waals surface area contributed by atoms with Crippen LogP contribution in [0, 0.1) is 10.1 Å². The average molecular weight is 560 g/mol. The van der Waals surface area contributed by atoms with Crippen molar-refractivity contribution in [2.75, 3.05) is 19.0 Å². The number of fused-ring (bicyclic) bond motifs is 1. The van der Waals surface area contributed by atoms with E-state index in [0.717, 1.165) is 11.3 Å². The van der Waals surface area contributed by atoms with Crippen molar-refractivity contribution in [2.24, 2.45) is 4.99 Å². The van der Waals surface area contributed by atoms with E-state index in [9.17, 15) is 19.7 Å². The first kappa shape index (κ1) is 26.8. The van der Waals surface area contributed by atoms with Gasteiger partial charge in [0.05, 0.1) is 38.8 Å². The fourth-order valence-electron chi connectivity index (χ4n) is 3.98. The smallest absolute Gasteiger partial charge is 0.338 e. The van der Waals surface area contributed by atoms with Crippen LogP contribution in [0.15, 0.2) is 68.4 Å². The van der Waals surface area contributed by atoms with Crippen molar-refractivity contribution in [1.82, 2.24) is 4.57 Å². The topological polar surface area (TPSA) is 124 Å². The number of thiazole rings is 1. The minimum atomic E-state index is -0.849. The van der Waals surface area contributed by atoms with Crippen LogP contribution in [-0.4, -0.2) is 39.5 Å². The number of nitro groups is 1. The highest BCUT2D eigenvalue weighted by atomic mass is 35.5. The number of benzene rings is 2. The maximum Gasteiger partial charge on any atom is 0.338 e. The molecule has 1 aromatic heterocycles. The van der Waals surface area contributed by atoms with Gasteiger partial charge in [-0.15, -0.1) is 11.8 Å². The number of aromatic nitrogens is 1. The molecule has 0 saturated carbocycles. The van der Waals surface area contributed by atoms with Gasteiger partial charge < -0.3 is 9.84 Å². The Bertz CT molecular complexity index is 1590. The summed E-state index contributed by atoms with van der Waals surface area (Å²) in [5, 5.41) is 21.0. The normalized spacial score (nSPS) is 15.4. The summed E-state index contributed by atoms with van der Waals surface area (Å²) < 4.78 is 6.98. The van der Waals surface area contributed by atoms with E-state index in [1.807, 2.05) is 0 Å². The zero-order valence-electron chi connectivity index (χ0n) is 19.8. The van der Waals surface area contributed by atoms with Crippen molar-refractivity contribution in [3.05, 3.63) is 99.7 Å². The van der Waals surface area contributed by atoms with Crippen molar-refractivity contribution >= 4 is 52.4 Å². The fourth-order valence-corrected chi connectivity index (χ4v) is 6.02. The van der Waals surface area contributed by atoms with Crippen molar-refractivity contribution < 1.29 is 19.6 Å². The number of nitrogens with zero attached hydrogens (tertiary/aromatic N) is 3. The van der Waals surface area contributed by atoms with Gasteiger partial charge in [-0.1, -0.05) is 47.2 Å². The van der Waals surface area contributed by atoms with Gasteiger partial charge in [0.15, 0.2) is 4.80 Å². The molecule has 9 nitrogen and oxygen atoms in total. The zero-order valence-corrected chi connectivity index (χ0v) is 22.2. The predicted octanol–water partition coefficient (Wildman–Crippen LogP) is 3.44. The third-order valence-corrected chi connectivity index (χ3v) is 7.91. The van der Waals surface area contributed by atoms with Gasteiger partial charge >= 0.3 is 5.97 Å². The Morgan fingerprint density at radius 3 is 2.78 bits per heavy atom. The van der Waals surface area contributed by atoms with E-state index >= 15 is 0 Å². The molecule has 192 valence electrons. The minimum Gasteiger partial charge on any atom is -0.463 e. The molecule has 4 rings (SSSR count). The summed E-state index contributed by atoms with van der Waals surface area (Å²) in [5.41, 5.74) is 1.11. The number of thioether (sulfide) groups is 1. The van der Waals surface area contributed by atoms with Crippen molar-refractivity contribution in [1.29, 1.82) is 0 Å². The number of rotatable bonds is 8. The van der Waals surface area contributed by atoms with Gasteiger partial charge in [0.1, 0.15) is 6.04 Å². The van der Waals surface area contributed by atoms with Gasteiger partial charge in [-0.05, 0) is 43.2 Å². The zero-order chi connectivity index (χ0) is 26.7. The van der Waals surface area contributed by atoms with Crippen LogP contribution in [0.4, 0.5) is 5.69 Å². The summed E-state index contributed by atoms with van der Waals surface area (Å²) in [7, 11) is 0. The van der Waals surface area contributed by atoms with E-state index in [1.54, 1.807) is 56.3 Å². The lowest BCUT2D eigenvalue weighted by molar-refractivity contribution is -0.387. The number of allylic oxidation sites excluding steroid dienone is 1. The first-order valence-electron chi connectivity index (χ1n) is 11.2. The van der Waals surface area contributed by atoms with Gasteiger partial charge in [-0.2, -0.15) is 0 Å². The van der Waals surface area contributed by atoms with E-state index in [0.29, 0.717) is 41.8 Å². The molecule has 1 N–H and O–H groups in total. The summed E-state index contributed by atoms with van der Waals surface area (Å²) in [6.07, 6.45) is 1.56. The van der Waals surface area contributed by atoms with Crippen molar-refractivity contribution in [3.8, 4) is 0 Å². The molecule has 1 aliphatic rings. The second-order valence-corrected chi connectivity index (χ2v) is 10.4. The van der Waals surface area contributed by atoms with E-state index < -0.39 is 22.5 Å². The molecular formula is C25H22ClN3O6S2. The molecule has 2 heterocycles. The standard InChI is InChI=1S/C25H22ClN3O6S2/c1-3-35-24(32)21-14(2)27-25-28(22(21)16-6-4-5-7-17(16)26)23(31)20(37-25)13-15-8-9-19(36-11-10-30)18(12-15)29(33)34/h4-9,12-13,22,30H,3,10-11H2,1-2H3. The summed E-state index contributed by atoms with van der Waals surface area (Å²) in [5.74, 6) is -0.266. The quantitative estimate of drug-likeness (QED) is 0.194. The van der Waals surface area contributed by atoms with Gasteiger partial charge in [0, 0.05) is 16.8 Å². The largest absolute Gasteiger partial charge is 0.463 e. The number of nitro benzene ring substituents is 1. The third-order valence-electron chi connectivity index (χ3n) is 5.54. The molecule has 0 radical (unpaired) electrons. The summed E-state index contributed by atoms with van der Waals surface area (Å²) in [6, 6.07) is 10.8. The van der Waals surface area contributed by atoms with Crippen LogP contribution in [0.3, 0.4) is 0 Å². The first-order chi connectivity index (χ1) is 17.8. The highest BCUT2D eigenvalue weighted by molar-refractivity contribution is 7.99. The number of carbonyl (C=O) groups is 1. The van der Waals surface area contributed by atoms with Crippen LogP contribution in [0.2, 0.25) is 5.02 Å². The number of esters is 1. The Morgan fingerprint density at radius 2 is 2.11 bits per heavy atom. The number of aliphatic hydroxyl groups excluding tert-OH is 1. The summed E-state index contributed by atoms with van der Waals surface area (Å²) in [6.45, 7) is 3.42. The second-order valence-electron chi connectivity index (χ2n) is 7.88. The fraction of sp³-hybridized carbons (Fsp3) is 0.240. The minimum absolute atomic E-state index is 0.107. The molecule has 1 atom stereocenters. The molecule has 0 spiro atoms. The number of aliphatic hydroxyl groups is 1. The number of hydrogen-bond donors (Lipinski definition) is 1. The predicted molar refractivity (Wildman–Crippen MR) is 143 cm³/mol. The Balaban J connectivity index is 1.90. The van der Waals surface area contributed by atoms with Crippen LogP contribution in [-0.2, 0) is 9.53 Å². The molecule has 0 fully saturated rings. The van der Waals surface area contributed by atoms with Gasteiger partial charge in [0.2, 0.25) is 0 Å². The van der Waals surface area contributed by atoms with E-state index in [1.165, 1.54) is 22.4 Å². The van der Waals surface area contributed by atoms with Gasteiger partial charge in [-0.3, -0.25) is 19.5 Å². The van der Waals surface area contributed by atoms with Crippen LogP contribution in [0.1, 0.15) is 31.0 Å². The van der Waals surface area contributed by atoms with E-state index in [-0.39, 0.29) is 24.5 Å². The van der Waals surface area contributed by atoms with Crippen LogP contribution in [0.5, 0.6) is 0 Å². The number of ether oxygens (including phenoxy) is 1. The lowest BCUT2D eigenvalue weighted by atomic mass is 9.96. The van der Waals surface area contributed by atoms with Gasteiger partial charge in [-0.25, -0.2) is 9.79 Å². The first-order valence-corrected chi connectivity index (χ1v) is 13.4. The second kappa shape index (κ2) is 11.4. The Hall–Kier alpha value is -3.25. The molecular weight excluding hydrogens is 538 g/mol. The number of hydrogen-bond acceptors (Lipinski definition) is 9. The SMILES string of the molecule is CCOC(=O)C1=C(C)N=c2sc(=Cc3ccc(SCCO)c([N+](=O)[O-])c3)c(=O)n2C1c1ccccc1Cl. The molecule has 1 aliphatic heterocycles. The third kappa shape index (κ3) is 5.40. The molecule has 0 amide bonds. The van der Waals surface area contributed by atoms with E-state index in [2.05, 4.69) is 4.99 Å². The Kier molecular flexibility index (Phi) is 8.28. The Labute approximate surface area is 224 Å². The van der Waals surface area contributed by atoms with Gasteiger partial charge in [0.25, 0.3) is 11.2 Å². The van der Waals surface area contributed by atoms with E-state index in [4.69, 9.17) is 21.4 Å². The van der Waals surface area contributed by atoms with Crippen LogP contribution < -0.4 is 14.9 Å². The van der Waals surface area contributed by atoms with Crippen molar-refractivity contribution in [3.63, 3.8) is 0 Å². The number of halogens is 1. The summed E-state index contributed by atoms with van der Waals surface area (Å²) in [4.78, 5) is 43.0. The molecule has 37 heavy (non-hydrogen) atoms. The monoisotopic (exact) mass is 559 g/mol. The molecule has 0 saturated heterocycles. The lowest BCUT2D eigenvalue weighted by Gasteiger charge is -2.25. The van der Waals surface area contributed by atoms with Crippen molar-refractivity contribution in [2.45, 2.75) is 24.8 Å². The molecule has 0 bridgehead atoms. The van der Waals surface area contributed by atoms with Crippen LogP contribution >= 0.6 is 34.7 Å². The molecule has 0 aliphatic carbocycles. The average Bonchev–Trinajstić information content (AvgIpc) is 3.17. The molecule has 3 aromatic rings. The Morgan fingerprint density at radius 1 is 1.35 bits per heavy atom. The molecule has 12 heteroatoms. The molecule has 2 aromatic carbocycles. The lowest BCUT2D eigenvalue weighted by Crippen LogP contribution is -2.40. The highest BCUT2D eigenvalue weighted by Crippen LogP contribution is 2.34. The summed E-state index contributed by atoms with van der Waals surface area (Å²) >= 11 is 8.79. The number of carbonyl (C=O) groups excluding carboxylic acids is 1.